The quantitative estimate of drug-likeness (QED) is 0.917. The molecule has 0 aromatic heterocycles. The highest BCUT2D eigenvalue weighted by atomic mass is 19.3. The molecule has 0 saturated heterocycles. The van der Waals surface area contributed by atoms with Crippen LogP contribution in [0, 0.1) is 6.07 Å². The van der Waals surface area contributed by atoms with E-state index < -0.39 is 12.6 Å². The van der Waals surface area contributed by atoms with Gasteiger partial charge in [0, 0.05) is 17.2 Å². The van der Waals surface area contributed by atoms with Gasteiger partial charge in [-0.05, 0) is 18.2 Å². The van der Waals surface area contributed by atoms with Crippen LogP contribution in [0.1, 0.15) is 10.4 Å². The van der Waals surface area contributed by atoms with E-state index in [0.717, 1.165) is 0 Å². The lowest BCUT2D eigenvalue weighted by atomic mass is 10.0. The van der Waals surface area contributed by atoms with Crippen molar-refractivity contribution < 1.29 is 28.2 Å². The maximum absolute atomic E-state index is 12.4. The van der Waals surface area contributed by atoms with E-state index >= 15 is 0 Å². The minimum atomic E-state index is -2.98. The number of benzene rings is 2. The third-order valence-electron chi connectivity index (χ3n) is 2.76. The van der Waals surface area contributed by atoms with Crippen LogP contribution in [0.3, 0.4) is 0 Å². The number of methoxy groups -OCH3 is 1. The Morgan fingerprint density at radius 1 is 1.29 bits per heavy atom. The van der Waals surface area contributed by atoms with Crippen LogP contribution in [0.5, 0.6) is 11.5 Å². The smallest absolute Gasteiger partial charge is 0.387 e. The second-order valence-corrected chi connectivity index (χ2v) is 4.01. The van der Waals surface area contributed by atoms with Gasteiger partial charge < -0.3 is 14.6 Å². The largest absolute Gasteiger partial charge is 0.496 e. The van der Waals surface area contributed by atoms with Gasteiger partial charge in [0.25, 0.3) is 0 Å². The van der Waals surface area contributed by atoms with Gasteiger partial charge in [0.05, 0.1) is 12.7 Å². The number of ether oxygens (including phenoxy) is 2. The molecule has 1 radical (unpaired) electrons. The van der Waals surface area contributed by atoms with E-state index in [9.17, 15) is 13.6 Å². The minimum Gasteiger partial charge on any atom is -0.496 e. The molecule has 2 aromatic rings. The molecule has 2 rings (SSSR count). The molecule has 0 spiro atoms. The van der Waals surface area contributed by atoms with Crippen molar-refractivity contribution in [1.29, 1.82) is 0 Å². The average molecular weight is 293 g/mol. The van der Waals surface area contributed by atoms with E-state index in [1.807, 2.05) is 0 Å². The van der Waals surface area contributed by atoms with Gasteiger partial charge in [-0.2, -0.15) is 8.78 Å². The zero-order valence-electron chi connectivity index (χ0n) is 11.0. The highest BCUT2D eigenvalue weighted by Crippen LogP contribution is 2.37. The van der Waals surface area contributed by atoms with Crippen molar-refractivity contribution in [2.75, 3.05) is 7.11 Å². The van der Waals surface area contributed by atoms with E-state index in [2.05, 4.69) is 10.8 Å². The predicted molar refractivity (Wildman–Crippen MR) is 70.9 cm³/mol. The molecule has 0 aliphatic carbocycles. The number of hydrogen-bond acceptors (Lipinski definition) is 3. The SMILES string of the molecule is COc1cc(C(=O)O)ccc1-c1ccc[c]c1OC(F)F. The number of rotatable bonds is 5. The summed E-state index contributed by atoms with van der Waals surface area (Å²) >= 11 is 0. The summed E-state index contributed by atoms with van der Waals surface area (Å²) in [6, 6.07) is 11.3. The number of para-hydroxylation sites is 1. The van der Waals surface area contributed by atoms with Crippen LogP contribution in [0.2, 0.25) is 0 Å². The molecule has 1 N–H and O–H groups in total. The van der Waals surface area contributed by atoms with Gasteiger partial charge in [0.2, 0.25) is 0 Å². The van der Waals surface area contributed by atoms with Crippen LogP contribution in [-0.4, -0.2) is 24.8 Å². The second-order valence-electron chi connectivity index (χ2n) is 4.01. The van der Waals surface area contributed by atoms with E-state index in [1.165, 1.54) is 31.4 Å². The zero-order chi connectivity index (χ0) is 15.4. The van der Waals surface area contributed by atoms with Gasteiger partial charge in [-0.15, -0.1) is 0 Å². The summed E-state index contributed by atoms with van der Waals surface area (Å²) in [6.45, 7) is -2.98. The van der Waals surface area contributed by atoms with Crippen LogP contribution in [0.15, 0.2) is 36.4 Å². The summed E-state index contributed by atoms with van der Waals surface area (Å²) < 4.78 is 34.4. The van der Waals surface area contributed by atoms with Gasteiger partial charge in [0.1, 0.15) is 11.5 Å². The number of alkyl halides is 2. The topological polar surface area (TPSA) is 55.8 Å². The van der Waals surface area contributed by atoms with Crippen molar-refractivity contribution in [1.82, 2.24) is 0 Å². The third kappa shape index (κ3) is 3.28. The fraction of sp³-hybridized carbons (Fsp3) is 0.133. The summed E-state index contributed by atoms with van der Waals surface area (Å²) in [5, 5.41) is 8.95. The molecular formula is C15H11F2O4. The molecule has 0 amide bonds. The first-order chi connectivity index (χ1) is 10.0. The molecule has 6 heteroatoms. The maximum Gasteiger partial charge on any atom is 0.387 e. The summed E-state index contributed by atoms with van der Waals surface area (Å²) in [6.07, 6.45) is 0. The highest BCUT2D eigenvalue weighted by Gasteiger charge is 2.16. The molecular weight excluding hydrogens is 282 g/mol. The van der Waals surface area contributed by atoms with Crippen LogP contribution in [0.25, 0.3) is 11.1 Å². The number of carbonyl (C=O) groups is 1. The lowest BCUT2D eigenvalue weighted by Gasteiger charge is -2.13. The molecule has 0 heterocycles. The Bertz CT molecular complexity index is 656. The van der Waals surface area contributed by atoms with E-state index in [4.69, 9.17) is 9.84 Å². The first-order valence-corrected chi connectivity index (χ1v) is 5.90. The Labute approximate surface area is 119 Å². The van der Waals surface area contributed by atoms with Crippen molar-refractivity contribution in [3.8, 4) is 22.6 Å². The first-order valence-electron chi connectivity index (χ1n) is 5.90. The molecule has 0 bridgehead atoms. The fourth-order valence-electron chi connectivity index (χ4n) is 1.87. The van der Waals surface area contributed by atoms with Gasteiger partial charge in [-0.3, -0.25) is 0 Å². The molecule has 21 heavy (non-hydrogen) atoms. The third-order valence-corrected chi connectivity index (χ3v) is 2.76. The summed E-state index contributed by atoms with van der Waals surface area (Å²) in [5.74, 6) is -0.994. The summed E-state index contributed by atoms with van der Waals surface area (Å²) in [7, 11) is 1.37. The van der Waals surface area contributed by atoms with Crippen LogP contribution in [0.4, 0.5) is 8.78 Å². The van der Waals surface area contributed by atoms with E-state index in [0.29, 0.717) is 11.1 Å². The van der Waals surface area contributed by atoms with Gasteiger partial charge >= 0.3 is 12.6 Å². The Hall–Kier alpha value is -2.63. The molecule has 0 fully saturated rings. The maximum atomic E-state index is 12.4. The first kappa shape index (κ1) is 14.8. The minimum absolute atomic E-state index is 0.0341. The number of halogens is 2. The van der Waals surface area contributed by atoms with Crippen molar-refractivity contribution in [3.05, 3.63) is 48.0 Å². The highest BCUT2D eigenvalue weighted by molar-refractivity contribution is 5.90. The van der Waals surface area contributed by atoms with Crippen molar-refractivity contribution >= 4 is 5.97 Å². The Balaban J connectivity index is 2.54. The molecule has 0 aliphatic heterocycles. The molecule has 109 valence electrons. The number of carboxylic acid groups (broad SMARTS) is 1. The second kappa shape index (κ2) is 6.21. The molecule has 2 aromatic carbocycles. The lowest BCUT2D eigenvalue weighted by molar-refractivity contribution is -0.0496. The Kier molecular flexibility index (Phi) is 4.37. The van der Waals surface area contributed by atoms with E-state index in [1.54, 1.807) is 12.1 Å². The van der Waals surface area contributed by atoms with Gasteiger partial charge in [-0.1, -0.05) is 18.2 Å². The van der Waals surface area contributed by atoms with E-state index in [-0.39, 0.29) is 17.1 Å². The van der Waals surface area contributed by atoms with Gasteiger partial charge in [0.15, 0.2) is 0 Å². The number of carboxylic acids is 1. The zero-order valence-corrected chi connectivity index (χ0v) is 11.0. The van der Waals surface area contributed by atoms with Gasteiger partial charge in [-0.25, -0.2) is 4.79 Å². The Morgan fingerprint density at radius 2 is 2.05 bits per heavy atom. The average Bonchev–Trinajstić information content (AvgIpc) is 2.46. The Morgan fingerprint density at radius 3 is 2.67 bits per heavy atom. The predicted octanol–water partition coefficient (Wildman–Crippen LogP) is 3.46. The molecule has 0 unspecified atom stereocenters. The molecule has 0 atom stereocenters. The fourth-order valence-corrected chi connectivity index (χ4v) is 1.87. The number of hydrogen-bond donors (Lipinski definition) is 1. The summed E-state index contributed by atoms with van der Waals surface area (Å²) in [5.41, 5.74) is 0.813. The number of aromatic carboxylic acids is 1. The lowest BCUT2D eigenvalue weighted by Crippen LogP contribution is -2.04. The molecule has 4 nitrogen and oxygen atoms in total. The van der Waals surface area contributed by atoms with Crippen LogP contribution >= 0.6 is 0 Å². The van der Waals surface area contributed by atoms with Crippen molar-refractivity contribution in [2.24, 2.45) is 0 Å². The molecule has 0 aliphatic rings. The normalized spacial score (nSPS) is 10.5. The summed E-state index contributed by atoms with van der Waals surface area (Å²) in [4.78, 5) is 10.9. The van der Waals surface area contributed by atoms with Crippen LogP contribution < -0.4 is 9.47 Å². The van der Waals surface area contributed by atoms with Crippen LogP contribution in [-0.2, 0) is 0 Å². The van der Waals surface area contributed by atoms with Crippen molar-refractivity contribution in [2.45, 2.75) is 6.61 Å². The standard InChI is InChI=1S/C15H11F2O4/c1-20-13-8-9(14(18)19)6-7-11(13)10-4-2-3-5-12(10)21-15(16)17/h2-4,6-8,15H,1H3,(H,18,19). The monoisotopic (exact) mass is 293 g/mol. The molecule has 0 saturated carbocycles. The van der Waals surface area contributed by atoms with Crippen molar-refractivity contribution in [3.63, 3.8) is 0 Å².